The van der Waals surface area contributed by atoms with Crippen LogP contribution in [0.25, 0.3) is 0 Å². The molecule has 0 radical (unpaired) electrons. The largest absolute Gasteiger partial charge is 0.114 e. The van der Waals surface area contributed by atoms with Gasteiger partial charge in [0.05, 0.1) is 0 Å². The molecular weight excluding hydrogens is 366 g/mol. The molecule has 0 amide bonds. The zero-order chi connectivity index (χ0) is 10.2. The first-order chi connectivity index (χ1) is 6.79. The van der Waals surface area contributed by atoms with E-state index in [1.54, 1.807) is 0 Å². The van der Waals surface area contributed by atoms with Crippen molar-refractivity contribution in [3.05, 3.63) is 60.7 Å². The second-order valence-corrected chi connectivity index (χ2v) is 4.15. The third kappa shape index (κ3) is 9.48. The van der Waals surface area contributed by atoms with Gasteiger partial charge in [-0.15, -0.1) is 52.4 Å². The Hall–Kier alpha value is 0.260. The zero-order valence-electron chi connectivity index (χ0n) is 8.74. The molecule has 0 aliphatic heterocycles. The van der Waals surface area contributed by atoms with Crippen LogP contribution in [0.15, 0.2) is 60.7 Å². The van der Waals surface area contributed by atoms with Gasteiger partial charge in [-0.25, -0.2) is 0 Å². The lowest BCUT2D eigenvalue weighted by molar-refractivity contribution is 1.78. The molecule has 0 aromatic heterocycles. The third-order valence-electron chi connectivity index (χ3n) is 1.60. The average molecular weight is 382 g/mol. The highest BCUT2D eigenvalue weighted by Crippen LogP contribution is 1.86. The SMILES string of the molecule is Br.Br.Pc1ccccc1.Pc1ccccc1. The van der Waals surface area contributed by atoms with E-state index in [4.69, 9.17) is 0 Å². The lowest BCUT2D eigenvalue weighted by Gasteiger charge is -1.82. The fourth-order valence-corrected chi connectivity index (χ4v) is 1.35. The Bertz CT molecular complexity index is 314. The van der Waals surface area contributed by atoms with Gasteiger partial charge in [-0.2, -0.15) is 0 Å². The molecule has 0 saturated heterocycles. The predicted octanol–water partition coefficient (Wildman–Crippen LogP) is 3.53. The van der Waals surface area contributed by atoms with Crippen molar-refractivity contribution >= 4 is 63.1 Å². The van der Waals surface area contributed by atoms with Crippen LogP contribution in [0.5, 0.6) is 0 Å². The minimum Gasteiger partial charge on any atom is -0.114 e. The van der Waals surface area contributed by atoms with E-state index < -0.39 is 0 Å². The van der Waals surface area contributed by atoms with Crippen LogP contribution in [0.4, 0.5) is 0 Å². The van der Waals surface area contributed by atoms with Crippen LogP contribution in [0, 0.1) is 0 Å². The van der Waals surface area contributed by atoms with Crippen molar-refractivity contribution in [2.45, 2.75) is 0 Å². The van der Waals surface area contributed by atoms with E-state index in [-0.39, 0.29) is 34.0 Å². The highest BCUT2D eigenvalue weighted by molar-refractivity contribution is 8.93. The van der Waals surface area contributed by atoms with E-state index >= 15 is 0 Å². The van der Waals surface area contributed by atoms with Crippen molar-refractivity contribution in [3.63, 3.8) is 0 Å². The molecule has 2 aromatic rings. The second-order valence-electron chi connectivity index (χ2n) is 2.82. The first-order valence-electron chi connectivity index (χ1n) is 4.40. The van der Waals surface area contributed by atoms with E-state index in [2.05, 4.69) is 18.5 Å². The van der Waals surface area contributed by atoms with Crippen molar-refractivity contribution in [1.29, 1.82) is 0 Å². The molecule has 2 atom stereocenters. The van der Waals surface area contributed by atoms with Gasteiger partial charge in [0.1, 0.15) is 0 Å². The third-order valence-corrected chi connectivity index (χ3v) is 2.37. The molecule has 0 saturated carbocycles. The van der Waals surface area contributed by atoms with Crippen LogP contribution in [-0.4, -0.2) is 0 Å². The normalized spacial score (nSPS) is 7.62. The number of hydrogen-bond acceptors (Lipinski definition) is 0. The van der Waals surface area contributed by atoms with Crippen molar-refractivity contribution in [3.8, 4) is 0 Å². The summed E-state index contributed by atoms with van der Waals surface area (Å²) in [6.07, 6.45) is 0. The summed E-state index contributed by atoms with van der Waals surface area (Å²) >= 11 is 0. The first kappa shape index (κ1) is 18.6. The standard InChI is InChI=1S/2C6H7P.2BrH/c2*7-6-4-2-1-3-5-6;;/h2*1-5H,7H2;2*1H. The van der Waals surface area contributed by atoms with Crippen molar-refractivity contribution in [2.75, 3.05) is 0 Å². The summed E-state index contributed by atoms with van der Waals surface area (Å²) in [4.78, 5) is 0. The number of rotatable bonds is 0. The molecule has 0 fully saturated rings. The maximum atomic E-state index is 2.63. The molecule has 0 N–H and O–H groups in total. The molecule has 0 nitrogen and oxygen atoms in total. The minimum atomic E-state index is 0. The van der Waals surface area contributed by atoms with Crippen molar-refractivity contribution < 1.29 is 0 Å². The smallest absolute Gasteiger partial charge is 0.0303 e. The van der Waals surface area contributed by atoms with E-state index in [0.29, 0.717) is 0 Å². The topological polar surface area (TPSA) is 0 Å². The van der Waals surface area contributed by atoms with Crippen LogP contribution in [0.3, 0.4) is 0 Å². The minimum absolute atomic E-state index is 0. The van der Waals surface area contributed by atoms with E-state index in [0.717, 1.165) is 0 Å². The van der Waals surface area contributed by atoms with Gasteiger partial charge in [0, 0.05) is 0 Å². The fraction of sp³-hybridized carbons (Fsp3) is 0. The van der Waals surface area contributed by atoms with Crippen LogP contribution >= 0.6 is 52.4 Å². The predicted molar refractivity (Wildman–Crippen MR) is 92.2 cm³/mol. The van der Waals surface area contributed by atoms with Gasteiger partial charge in [-0.1, -0.05) is 60.7 Å². The van der Waals surface area contributed by atoms with E-state index in [1.165, 1.54) is 10.6 Å². The quantitative estimate of drug-likeness (QED) is 0.612. The van der Waals surface area contributed by atoms with Gasteiger partial charge >= 0.3 is 0 Å². The van der Waals surface area contributed by atoms with Gasteiger partial charge in [-0.3, -0.25) is 0 Å². The fourth-order valence-electron chi connectivity index (χ4n) is 0.906. The van der Waals surface area contributed by atoms with E-state index in [1.807, 2.05) is 60.7 Å². The Morgan fingerprint density at radius 2 is 0.750 bits per heavy atom. The van der Waals surface area contributed by atoms with E-state index in [9.17, 15) is 0 Å². The Kier molecular flexibility index (Phi) is 13.7. The van der Waals surface area contributed by atoms with Gasteiger partial charge in [0.15, 0.2) is 0 Å². The molecule has 2 unspecified atom stereocenters. The molecule has 0 aliphatic rings. The highest BCUT2D eigenvalue weighted by Gasteiger charge is 1.72. The molecule has 2 aromatic carbocycles. The van der Waals surface area contributed by atoms with Crippen molar-refractivity contribution in [1.82, 2.24) is 0 Å². The lowest BCUT2D eigenvalue weighted by Crippen LogP contribution is -1.82. The van der Waals surface area contributed by atoms with Gasteiger partial charge in [0.2, 0.25) is 0 Å². The van der Waals surface area contributed by atoms with Crippen LogP contribution in [0.2, 0.25) is 0 Å². The molecular formula is C12H16Br2P2. The monoisotopic (exact) mass is 380 g/mol. The molecule has 0 bridgehead atoms. The van der Waals surface area contributed by atoms with Crippen molar-refractivity contribution in [2.24, 2.45) is 0 Å². The molecule has 88 valence electrons. The summed E-state index contributed by atoms with van der Waals surface area (Å²) in [5, 5.41) is 2.48. The summed E-state index contributed by atoms with van der Waals surface area (Å²) in [5.41, 5.74) is 0. The number of benzene rings is 2. The highest BCUT2D eigenvalue weighted by atomic mass is 79.9. The second kappa shape index (κ2) is 11.7. The van der Waals surface area contributed by atoms with Crippen LogP contribution < -0.4 is 10.6 Å². The molecule has 0 heterocycles. The lowest BCUT2D eigenvalue weighted by atomic mass is 10.4. The zero-order valence-corrected chi connectivity index (χ0v) is 14.5. The molecule has 4 heteroatoms. The summed E-state index contributed by atoms with van der Waals surface area (Å²) < 4.78 is 0. The summed E-state index contributed by atoms with van der Waals surface area (Å²) in [6, 6.07) is 20.3. The van der Waals surface area contributed by atoms with Gasteiger partial charge < -0.3 is 0 Å². The van der Waals surface area contributed by atoms with Crippen LogP contribution in [-0.2, 0) is 0 Å². The average Bonchev–Trinajstić information content (AvgIpc) is 2.21. The number of halogens is 2. The van der Waals surface area contributed by atoms with Gasteiger partial charge in [0.25, 0.3) is 0 Å². The molecule has 0 spiro atoms. The Morgan fingerprint density at radius 3 is 0.875 bits per heavy atom. The summed E-state index contributed by atoms with van der Waals surface area (Å²) in [6.45, 7) is 0. The van der Waals surface area contributed by atoms with Gasteiger partial charge in [-0.05, 0) is 10.6 Å². The Labute approximate surface area is 123 Å². The summed E-state index contributed by atoms with van der Waals surface area (Å²) in [7, 11) is 5.26. The molecule has 2 rings (SSSR count). The molecule has 0 aliphatic carbocycles. The first-order valence-corrected chi connectivity index (χ1v) is 5.55. The Morgan fingerprint density at radius 1 is 0.500 bits per heavy atom. The molecule has 16 heavy (non-hydrogen) atoms. The maximum Gasteiger partial charge on any atom is -0.0303 e. The Balaban J connectivity index is 0. The number of hydrogen-bond donors (Lipinski definition) is 0. The van der Waals surface area contributed by atoms with Crippen LogP contribution in [0.1, 0.15) is 0 Å². The summed E-state index contributed by atoms with van der Waals surface area (Å²) in [5.74, 6) is 0. The maximum absolute atomic E-state index is 2.63.